The second kappa shape index (κ2) is 9.37. The zero-order valence-corrected chi connectivity index (χ0v) is 16.4. The molecular formula is C22H21NO4S. The highest BCUT2D eigenvalue weighted by Gasteiger charge is 2.36. The molecule has 1 heterocycles. The quantitative estimate of drug-likeness (QED) is 0.365. The van der Waals surface area contributed by atoms with E-state index in [0.717, 1.165) is 40.8 Å². The van der Waals surface area contributed by atoms with Crippen molar-refractivity contribution in [3.63, 3.8) is 0 Å². The van der Waals surface area contributed by atoms with Crippen molar-refractivity contribution in [1.29, 1.82) is 0 Å². The number of hydrogen-bond acceptors (Lipinski definition) is 5. The van der Waals surface area contributed by atoms with Gasteiger partial charge >= 0.3 is 0 Å². The normalized spacial score (nSPS) is 15.3. The van der Waals surface area contributed by atoms with Crippen LogP contribution in [0.1, 0.15) is 35.7 Å². The van der Waals surface area contributed by atoms with Crippen molar-refractivity contribution < 1.29 is 19.1 Å². The molecule has 28 heavy (non-hydrogen) atoms. The van der Waals surface area contributed by atoms with E-state index >= 15 is 0 Å². The lowest BCUT2D eigenvalue weighted by molar-refractivity contribution is -0.122. The Morgan fingerprint density at radius 2 is 1.79 bits per heavy atom. The SMILES string of the molecule is CCCCOc1ccc(/C=C2\SC(=O)N(CC(=O)c3ccccc3)C2=O)cc1. The van der Waals surface area contributed by atoms with E-state index in [2.05, 4.69) is 6.92 Å². The van der Waals surface area contributed by atoms with Crippen LogP contribution in [0, 0.1) is 0 Å². The summed E-state index contributed by atoms with van der Waals surface area (Å²) in [6.07, 6.45) is 3.73. The predicted molar refractivity (Wildman–Crippen MR) is 110 cm³/mol. The van der Waals surface area contributed by atoms with Crippen molar-refractivity contribution in [3.8, 4) is 5.75 Å². The molecule has 0 saturated carbocycles. The number of rotatable bonds is 8. The van der Waals surface area contributed by atoms with Crippen LogP contribution in [0.5, 0.6) is 5.75 Å². The zero-order chi connectivity index (χ0) is 19.9. The summed E-state index contributed by atoms with van der Waals surface area (Å²) in [6.45, 7) is 2.52. The third-order valence-corrected chi connectivity index (χ3v) is 5.12. The Kier molecular flexibility index (Phi) is 6.66. The van der Waals surface area contributed by atoms with Gasteiger partial charge in [-0.15, -0.1) is 0 Å². The first-order valence-corrected chi connectivity index (χ1v) is 9.96. The van der Waals surface area contributed by atoms with Crippen LogP contribution in [0.3, 0.4) is 0 Å². The first kappa shape index (κ1) is 19.9. The topological polar surface area (TPSA) is 63.7 Å². The zero-order valence-electron chi connectivity index (χ0n) is 15.6. The number of amides is 2. The van der Waals surface area contributed by atoms with E-state index in [9.17, 15) is 14.4 Å². The largest absolute Gasteiger partial charge is 0.494 e. The van der Waals surface area contributed by atoms with Crippen LogP contribution in [0.2, 0.25) is 0 Å². The van der Waals surface area contributed by atoms with E-state index in [0.29, 0.717) is 17.1 Å². The Hall–Kier alpha value is -2.86. The Labute approximate surface area is 168 Å². The first-order valence-electron chi connectivity index (χ1n) is 9.15. The Balaban J connectivity index is 1.66. The molecular weight excluding hydrogens is 374 g/mol. The molecule has 144 valence electrons. The van der Waals surface area contributed by atoms with Crippen molar-refractivity contribution in [2.75, 3.05) is 13.2 Å². The maximum atomic E-state index is 12.6. The van der Waals surface area contributed by atoms with Gasteiger partial charge in [0.15, 0.2) is 5.78 Å². The highest BCUT2D eigenvalue weighted by atomic mass is 32.2. The molecule has 0 unspecified atom stereocenters. The van der Waals surface area contributed by atoms with Gasteiger partial charge in [0.25, 0.3) is 11.1 Å². The molecule has 0 aliphatic carbocycles. The molecule has 2 amide bonds. The van der Waals surface area contributed by atoms with E-state index in [1.807, 2.05) is 24.3 Å². The average Bonchev–Trinajstić information content (AvgIpc) is 2.97. The van der Waals surface area contributed by atoms with Gasteiger partial charge in [-0.3, -0.25) is 19.3 Å². The lowest BCUT2D eigenvalue weighted by Gasteiger charge is -2.11. The van der Waals surface area contributed by atoms with E-state index in [1.165, 1.54) is 0 Å². The summed E-state index contributed by atoms with van der Waals surface area (Å²) in [4.78, 5) is 38.4. The number of imide groups is 1. The molecule has 1 aliphatic heterocycles. The maximum absolute atomic E-state index is 12.6. The van der Waals surface area contributed by atoms with Gasteiger partial charge in [-0.2, -0.15) is 0 Å². The first-order chi connectivity index (χ1) is 13.6. The van der Waals surface area contributed by atoms with E-state index in [1.54, 1.807) is 36.4 Å². The molecule has 1 fully saturated rings. The number of Topliss-reactive ketones (excluding diaryl/α,β-unsaturated/α-hetero) is 1. The molecule has 0 spiro atoms. The highest BCUT2D eigenvalue weighted by Crippen LogP contribution is 2.32. The minimum atomic E-state index is -0.442. The number of carbonyl (C=O) groups is 3. The Morgan fingerprint density at radius 1 is 1.07 bits per heavy atom. The number of ether oxygens (including phenoxy) is 1. The monoisotopic (exact) mass is 395 g/mol. The van der Waals surface area contributed by atoms with Crippen LogP contribution in [-0.2, 0) is 4.79 Å². The van der Waals surface area contributed by atoms with Gasteiger partial charge in [0.05, 0.1) is 18.1 Å². The summed E-state index contributed by atoms with van der Waals surface area (Å²) in [5.41, 5.74) is 1.27. The maximum Gasteiger partial charge on any atom is 0.293 e. The van der Waals surface area contributed by atoms with Crippen molar-refractivity contribution >= 4 is 34.8 Å². The van der Waals surface area contributed by atoms with Gasteiger partial charge in [-0.25, -0.2) is 0 Å². The summed E-state index contributed by atoms with van der Waals surface area (Å²) in [7, 11) is 0. The molecule has 3 rings (SSSR count). The number of ketones is 1. The Morgan fingerprint density at radius 3 is 2.46 bits per heavy atom. The summed E-state index contributed by atoms with van der Waals surface area (Å²) in [5.74, 6) is 0.0625. The van der Waals surface area contributed by atoms with Crippen LogP contribution in [0.4, 0.5) is 4.79 Å². The molecule has 0 N–H and O–H groups in total. The van der Waals surface area contributed by atoms with Crippen LogP contribution in [-0.4, -0.2) is 35.0 Å². The minimum absolute atomic E-state index is 0.254. The molecule has 0 atom stereocenters. The fourth-order valence-electron chi connectivity index (χ4n) is 2.64. The summed E-state index contributed by atoms with van der Waals surface area (Å²) >= 11 is 0.850. The van der Waals surface area contributed by atoms with E-state index < -0.39 is 11.1 Å². The smallest absolute Gasteiger partial charge is 0.293 e. The van der Waals surface area contributed by atoms with Crippen molar-refractivity contribution in [2.24, 2.45) is 0 Å². The van der Waals surface area contributed by atoms with E-state index in [-0.39, 0.29) is 12.3 Å². The average molecular weight is 395 g/mol. The predicted octanol–water partition coefficient (Wildman–Crippen LogP) is 4.78. The second-order valence-electron chi connectivity index (χ2n) is 6.33. The van der Waals surface area contributed by atoms with Crippen LogP contribution in [0.15, 0.2) is 59.5 Å². The molecule has 6 heteroatoms. The summed E-state index contributed by atoms with van der Waals surface area (Å²) in [6, 6.07) is 16.0. The van der Waals surface area contributed by atoms with Gasteiger partial charge in [0.1, 0.15) is 5.75 Å². The summed E-state index contributed by atoms with van der Waals surface area (Å²) < 4.78 is 5.62. The van der Waals surface area contributed by atoms with Gasteiger partial charge in [-0.05, 0) is 42.0 Å². The minimum Gasteiger partial charge on any atom is -0.494 e. The third kappa shape index (κ3) is 4.89. The van der Waals surface area contributed by atoms with Crippen molar-refractivity contribution in [3.05, 3.63) is 70.6 Å². The fraction of sp³-hybridized carbons (Fsp3) is 0.227. The molecule has 0 aromatic heterocycles. The lowest BCUT2D eigenvalue weighted by Crippen LogP contribution is -2.33. The molecule has 5 nitrogen and oxygen atoms in total. The summed E-state index contributed by atoms with van der Waals surface area (Å²) in [5, 5.41) is -0.431. The molecule has 2 aromatic rings. The number of carbonyl (C=O) groups excluding carboxylic acids is 3. The van der Waals surface area contributed by atoms with Gasteiger partial charge in [-0.1, -0.05) is 55.8 Å². The molecule has 1 aliphatic rings. The van der Waals surface area contributed by atoms with Crippen molar-refractivity contribution in [2.45, 2.75) is 19.8 Å². The Bertz CT molecular complexity index is 891. The van der Waals surface area contributed by atoms with Crippen LogP contribution in [0.25, 0.3) is 6.08 Å². The fourth-order valence-corrected chi connectivity index (χ4v) is 3.48. The molecule has 0 radical (unpaired) electrons. The van der Waals surface area contributed by atoms with Gasteiger partial charge < -0.3 is 4.74 Å². The van der Waals surface area contributed by atoms with Gasteiger partial charge in [0.2, 0.25) is 0 Å². The molecule has 2 aromatic carbocycles. The lowest BCUT2D eigenvalue weighted by atomic mass is 10.1. The molecule has 1 saturated heterocycles. The second-order valence-corrected chi connectivity index (χ2v) is 7.32. The van der Waals surface area contributed by atoms with E-state index in [4.69, 9.17) is 4.74 Å². The number of benzene rings is 2. The highest BCUT2D eigenvalue weighted by molar-refractivity contribution is 8.18. The number of thioether (sulfide) groups is 1. The van der Waals surface area contributed by atoms with Gasteiger partial charge in [0, 0.05) is 5.56 Å². The standard InChI is InChI=1S/C22H21NO4S/c1-2-3-13-27-18-11-9-16(10-12-18)14-20-21(25)23(22(26)28-20)15-19(24)17-7-5-4-6-8-17/h4-12,14H,2-3,13,15H2,1H3/b20-14-. The van der Waals surface area contributed by atoms with Crippen LogP contribution >= 0.6 is 11.8 Å². The van der Waals surface area contributed by atoms with Crippen molar-refractivity contribution in [1.82, 2.24) is 4.90 Å². The number of unbranched alkanes of at least 4 members (excludes halogenated alkanes) is 1. The number of hydrogen-bond donors (Lipinski definition) is 0. The molecule has 0 bridgehead atoms. The van der Waals surface area contributed by atoms with Crippen LogP contribution < -0.4 is 4.74 Å². The number of nitrogens with zero attached hydrogens (tertiary/aromatic N) is 1. The third-order valence-electron chi connectivity index (χ3n) is 4.22.